The summed E-state index contributed by atoms with van der Waals surface area (Å²) in [6.07, 6.45) is 1.98. The van der Waals surface area contributed by atoms with E-state index < -0.39 is 5.54 Å². The molecule has 0 aromatic heterocycles. The maximum atomic E-state index is 11.9. The summed E-state index contributed by atoms with van der Waals surface area (Å²) in [4.78, 5) is 13.5. The molecule has 1 unspecified atom stereocenters. The predicted molar refractivity (Wildman–Crippen MR) is 62.3 cm³/mol. The molecule has 17 heavy (non-hydrogen) atoms. The molecule has 0 aromatic rings. The van der Waals surface area contributed by atoms with Gasteiger partial charge in [-0.05, 0) is 32.6 Å². The summed E-state index contributed by atoms with van der Waals surface area (Å²) >= 11 is 0. The fraction of sp³-hybridized carbons (Fsp3) is 0.833. The third-order valence-electron chi connectivity index (χ3n) is 3.72. The molecule has 2 aliphatic heterocycles. The second-order valence-corrected chi connectivity index (χ2v) is 5.29. The number of ether oxygens (including phenoxy) is 1. The Morgan fingerprint density at radius 1 is 1.47 bits per heavy atom. The number of hydrogen-bond acceptors (Lipinski definition) is 3. The van der Waals surface area contributed by atoms with Crippen LogP contribution in [0, 0.1) is 17.2 Å². The van der Waals surface area contributed by atoms with Gasteiger partial charge in [0.25, 0.3) is 0 Å². The average molecular weight is 237 g/mol. The van der Waals surface area contributed by atoms with Gasteiger partial charge in [-0.3, -0.25) is 0 Å². The van der Waals surface area contributed by atoms with Crippen LogP contribution in [0.4, 0.5) is 4.79 Å². The first-order valence-corrected chi connectivity index (χ1v) is 6.12. The highest BCUT2D eigenvalue weighted by atomic mass is 16.5. The summed E-state index contributed by atoms with van der Waals surface area (Å²) in [5.41, 5.74) is -0.732. The van der Waals surface area contributed by atoms with E-state index in [2.05, 4.69) is 11.4 Å². The molecule has 2 fully saturated rings. The SMILES string of the molecule is CC(C)(C#N)N1CC(C2CCOCC2)NC1=O. The van der Waals surface area contributed by atoms with Crippen LogP contribution >= 0.6 is 0 Å². The Labute approximate surface area is 102 Å². The van der Waals surface area contributed by atoms with E-state index in [-0.39, 0.29) is 12.1 Å². The molecule has 2 rings (SSSR count). The third kappa shape index (κ3) is 2.37. The Hall–Kier alpha value is -1.28. The van der Waals surface area contributed by atoms with Crippen molar-refractivity contribution in [3.8, 4) is 6.07 Å². The highest BCUT2D eigenvalue weighted by molar-refractivity contribution is 5.78. The van der Waals surface area contributed by atoms with E-state index in [9.17, 15) is 4.79 Å². The van der Waals surface area contributed by atoms with E-state index in [1.54, 1.807) is 18.7 Å². The molecule has 2 aliphatic rings. The first kappa shape index (κ1) is 12.2. The lowest BCUT2D eigenvalue weighted by atomic mass is 9.92. The lowest BCUT2D eigenvalue weighted by Crippen LogP contribution is -2.44. The van der Waals surface area contributed by atoms with Gasteiger partial charge in [0.15, 0.2) is 0 Å². The standard InChI is InChI=1S/C12H19N3O2/c1-12(2,8-13)15-7-10(14-11(15)16)9-3-5-17-6-4-9/h9-10H,3-7H2,1-2H3,(H,14,16). The molecule has 0 aliphatic carbocycles. The van der Waals surface area contributed by atoms with E-state index in [1.165, 1.54) is 0 Å². The van der Waals surface area contributed by atoms with Crippen LogP contribution in [-0.4, -0.2) is 42.3 Å². The largest absolute Gasteiger partial charge is 0.381 e. The molecule has 2 saturated heterocycles. The summed E-state index contributed by atoms with van der Waals surface area (Å²) in [7, 11) is 0. The van der Waals surface area contributed by atoms with Gasteiger partial charge >= 0.3 is 6.03 Å². The molecule has 2 amide bonds. The van der Waals surface area contributed by atoms with Crippen molar-refractivity contribution in [2.45, 2.75) is 38.3 Å². The fourth-order valence-electron chi connectivity index (χ4n) is 2.49. The molecule has 1 atom stereocenters. The van der Waals surface area contributed by atoms with Crippen LogP contribution in [0.1, 0.15) is 26.7 Å². The molecule has 5 heteroatoms. The van der Waals surface area contributed by atoms with Crippen molar-refractivity contribution >= 4 is 6.03 Å². The van der Waals surface area contributed by atoms with Crippen LogP contribution in [0.3, 0.4) is 0 Å². The van der Waals surface area contributed by atoms with Crippen molar-refractivity contribution in [3.05, 3.63) is 0 Å². The zero-order chi connectivity index (χ0) is 12.5. The molecule has 94 valence electrons. The first-order valence-electron chi connectivity index (χ1n) is 6.12. The number of hydrogen-bond donors (Lipinski definition) is 1. The van der Waals surface area contributed by atoms with Gasteiger partial charge in [0.05, 0.1) is 12.1 Å². The highest BCUT2D eigenvalue weighted by Gasteiger charge is 2.41. The van der Waals surface area contributed by atoms with Crippen LogP contribution in [0.5, 0.6) is 0 Å². The van der Waals surface area contributed by atoms with E-state index in [0.717, 1.165) is 26.1 Å². The Morgan fingerprint density at radius 3 is 2.71 bits per heavy atom. The lowest BCUT2D eigenvalue weighted by Gasteiger charge is -2.29. The van der Waals surface area contributed by atoms with Gasteiger partial charge in [-0.1, -0.05) is 0 Å². The number of amides is 2. The maximum Gasteiger partial charge on any atom is 0.319 e. The maximum absolute atomic E-state index is 11.9. The zero-order valence-electron chi connectivity index (χ0n) is 10.4. The number of nitrogens with one attached hydrogen (secondary N) is 1. The summed E-state index contributed by atoms with van der Waals surface area (Å²) in [6.45, 7) is 5.74. The number of nitriles is 1. The monoisotopic (exact) mass is 237 g/mol. The number of urea groups is 1. The topological polar surface area (TPSA) is 65.4 Å². The van der Waals surface area contributed by atoms with Crippen molar-refractivity contribution in [1.82, 2.24) is 10.2 Å². The number of nitrogens with zero attached hydrogens (tertiary/aromatic N) is 2. The minimum atomic E-state index is -0.732. The molecule has 0 saturated carbocycles. The van der Waals surface area contributed by atoms with Crippen molar-refractivity contribution in [1.29, 1.82) is 5.26 Å². The van der Waals surface area contributed by atoms with Gasteiger partial charge in [0.2, 0.25) is 0 Å². The van der Waals surface area contributed by atoms with Crippen LogP contribution in [0.25, 0.3) is 0 Å². The van der Waals surface area contributed by atoms with Crippen LogP contribution < -0.4 is 5.32 Å². The fourth-order valence-corrected chi connectivity index (χ4v) is 2.49. The Kier molecular flexibility index (Phi) is 3.25. The van der Waals surface area contributed by atoms with Crippen molar-refractivity contribution in [3.63, 3.8) is 0 Å². The van der Waals surface area contributed by atoms with Crippen molar-refractivity contribution in [2.75, 3.05) is 19.8 Å². The molecular weight excluding hydrogens is 218 g/mol. The molecular formula is C12H19N3O2. The quantitative estimate of drug-likeness (QED) is 0.782. The predicted octanol–water partition coefficient (Wildman–Crippen LogP) is 1.11. The number of carbonyl (C=O) groups excluding carboxylic acids is 1. The van der Waals surface area contributed by atoms with Crippen molar-refractivity contribution < 1.29 is 9.53 Å². The smallest absolute Gasteiger partial charge is 0.319 e. The molecule has 0 aromatic carbocycles. The molecule has 5 nitrogen and oxygen atoms in total. The minimum absolute atomic E-state index is 0.118. The average Bonchev–Trinajstić information content (AvgIpc) is 2.73. The van der Waals surface area contributed by atoms with Crippen molar-refractivity contribution in [2.24, 2.45) is 5.92 Å². The highest BCUT2D eigenvalue weighted by Crippen LogP contribution is 2.26. The molecule has 0 radical (unpaired) electrons. The van der Waals surface area contributed by atoms with Crippen LogP contribution in [-0.2, 0) is 4.74 Å². The van der Waals surface area contributed by atoms with Gasteiger partial charge in [-0.25, -0.2) is 4.79 Å². The van der Waals surface area contributed by atoms with E-state index in [4.69, 9.17) is 10.00 Å². The molecule has 0 spiro atoms. The Bertz CT molecular complexity index is 342. The second-order valence-electron chi connectivity index (χ2n) is 5.29. The van der Waals surface area contributed by atoms with E-state index >= 15 is 0 Å². The Morgan fingerprint density at radius 2 is 2.12 bits per heavy atom. The van der Waals surface area contributed by atoms with E-state index in [0.29, 0.717) is 12.5 Å². The lowest BCUT2D eigenvalue weighted by molar-refractivity contribution is 0.0558. The van der Waals surface area contributed by atoms with E-state index in [1.807, 2.05) is 0 Å². The third-order valence-corrected chi connectivity index (χ3v) is 3.72. The normalized spacial score (nSPS) is 26.8. The summed E-state index contributed by atoms with van der Waals surface area (Å²) in [5, 5.41) is 12.1. The summed E-state index contributed by atoms with van der Waals surface area (Å²) < 4.78 is 5.32. The zero-order valence-corrected chi connectivity index (χ0v) is 10.4. The number of carbonyl (C=O) groups is 1. The number of rotatable bonds is 2. The summed E-state index contributed by atoms with van der Waals surface area (Å²) in [5.74, 6) is 0.479. The Balaban J connectivity index is 2.02. The van der Waals surface area contributed by atoms with Gasteiger partial charge in [-0.2, -0.15) is 5.26 Å². The summed E-state index contributed by atoms with van der Waals surface area (Å²) in [6, 6.07) is 2.23. The molecule has 2 heterocycles. The second kappa shape index (κ2) is 4.53. The minimum Gasteiger partial charge on any atom is -0.381 e. The van der Waals surface area contributed by atoms with Gasteiger partial charge in [0, 0.05) is 19.8 Å². The molecule has 1 N–H and O–H groups in total. The molecule has 0 bridgehead atoms. The van der Waals surface area contributed by atoms with Gasteiger partial charge in [0.1, 0.15) is 5.54 Å². The van der Waals surface area contributed by atoms with Crippen LogP contribution in [0.2, 0.25) is 0 Å². The first-order chi connectivity index (χ1) is 8.04. The van der Waals surface area contributed by atoms with Gasteiger partial charge in [-0.15, -0.1) is 0 Å². The van der Waals surface area contributed by atoms with Gasteiger partial charge < -0.3 is 15.0 Å². The van der Waals surface area contributed by atoms with Crippen LogP contribution in [0.15, 0.2) is 0 Å².